The normalized spacial score (nSPS) is 9.93. The number of ether oxygens (including phenoxy) is 1. The molecule has 14 heavy (non-hydrogen) atoms. The highest BCUT2D eigenvalue weighted by Crippen LogP contribution is 2.21. The van der Waals surface area contributed by atoms with Gasteiger partial charge in [-0.05, 0) is 40.8 Å². The lowest BCUT2D eigenvalue weighted by molar-refractivity contribution is -0.115. The fourth-order valence-electron chi connectivity index (χ4n) is 1.14. The number of halogens is 2. The molecule has 1 aromatic carbocycles. The third-order valence-electron chi connectivity index (χ3n) is 1.78. The molecule has 0 spiro atoms. The minimum absolute atomic E-state index is 0.158. The van der Waals surface area contributed by atoms with Crippen LogP contribution in [0.25, 0.3) is 0 Å². The van der Waals surface area contributed by atoms with Gasteiger partial charge in [0, 0.05) is 15.6 Å². The monoisotopic (exact) mass is 368 g/mol. The summed E-state index contributed by atoms with van der Waals surface area (Å²) in [5, 5.41) is 0.391. The zero-order valence-corrected chi connectivity index (χ0v) is 11.5. The van der Waals surface area contributed by atoms with Gasteiger partial charge in [0.2, 0.25) is 0 Å². The molecule has 1 rings (SSSR count). The molecule has 0 heterocycles. The summed E-state index contributed by atoms with van der Waals surface area (Å²) in [5.41, 5.74) is 0.948. The largest absolute Gasteiger partial charge is 0.496 e. The molecular weight excluding hydrogens is 359 g/mol. The van der Waals surface area contributed by atoms with Gasteiger partial charge < -0.3 is 4.74 Å². The van der Waals surface area contributed by atoms with Crippen LogP contribution in [0.4, 0.5) is 0 Å². The van der Waals surface area contributed by atoms with Gasteiger partial charge in [0.1, 0.15) is 11.5 Å². The van der Waals surface area contributed by atoms with E-state index >= 15 is 0 Å². The summed E-state index contributed by atoms with van der Waals surface area (Å²) in [4.78, 5) is 11.3. The van der Waals surface area contributed by atoms with Crippen LogP contribution in [0.15, 0.2) is 18.2 Å². The van der Waals surface area contributed by atoms with E-state index < -0.39 is 0 Å². The second-order valence-corrected chi connectivity index (χ2v) is 4.61. The molecule has 0 N–H and O–H groups in total. The molecule has 0 aliphatic heterocycles. The van der Waals surface area contributed by atoms with Crippen LogP contribution in [0.1, 0.15) is 5.56 Å². The number of alkyl halides is 1. The molecule has 0 saturated heterocycles. The SMILES string of the molecule is COc1ccc(I)cc1CC(=O)CBr. The molecule has 0 bridgehead atoms. The maximum absolute atomic E-state index is 11.3. The second kappa shape index (κ2) is 5.70. The van der Waals surface area contributed by atoms with Crippen molar-refractivity contribution >= 4 is 44.3 Å². The van der Waals surface area contributed by atoms with E-state index in [9.17, 15) is 4.79 Å². The Bertz CT molecular complexity index is 339. The molecule has 0 radical (unpaired) electrons. The number of hydrogen-bond acceptors (Lipinski definition) is 2. The zero-order valence-electron chi connectivity index (χ0n) is 7.72. The average Bonchev–Trinajstić information content (AvgIpc) is 2.18. The predicted octanol–water partition coefficient (Wildman–Crippen LogP) is 2.81. The van der Waals surface area contributed by atoms with Crippen LogP contribution in [0.3, 0.4) is 0 Å². The molecule has 4 heteroatoms. The Morgan fingerprint density at radius 2 is 2.29 bits per heavy atom. The van der Waals surface area contributed by atoms with Crippen LogP contribution in [0, 0.1) is 3.57 Å². The standard InChI is InChI=1S/C10H10BrIO2/c1-14-10-3-2-8(12)4-7(10)5-9(13)6-11/h2-4H,5-6H2,1H3. The van der Waals surface area contributed by atoms with E-state index in [1.165, 1.54) is 0 Å². The zero-order chi connectivity index (χ0) is 10.6. The minimum Gasteiger partial charge on any atom is -0.496 e. The topological polar surface area (TPSA) is 26.3 Å². The molecule has 2 nitrogen and oxygen atoms in total. The molecule has 0 atom stereocenters. The Hall–Kier alpha value is -0.100. The summed E-state index contributed by atoms with van der Waals surface area (Å²) in [6, 6.07) is 5.82. The molecule has 0 saturated carbocycles. The highest BCUT2D eigenvalue weighted by atomic mass is 127. The van der Waals surface area contributed by atoms with Crippen LogP contribution < -0.4 is 4.74 Å². The van der Waals surface area contributed by atoms with Crippen LogP contribution in [-0.2, 0) is 11.2 Å². The van der Waals surface area contributed by atoms with Gasteiger partial charge in [0.15, 0.2) is 0 Å². The Labute approximate surface area is 105 Å². The summed E-state index contributed by atoms with van der Waals surface area (Å²) in [6.45, 7) is 0. The first kappa shape index (κ1) is 12.0. The smallest absolute Gasteiger partial charge is 0.147 e. The summed E-state index contributed by atoms with van der Waals surface area (Å²) in [6.07, 6.45) is 0.422. The van der Waals surface area contributed by atoms with Gasteiger partial charge in [-0.2, -0.15) is 0 Å². The van der Waals surface area contributed by atoms with Crippen molar-refractivity contribution in [2.45, 2.75) is 6.42 Å². The van der Waals surface area contributed by atoms with Crippen molar-refractivity contribution in [3.63, 3.8) is 0 Å². The first-order valence-electron chi connectivity index (χ1n) is 4.07. The van der Waals surface area contributed by atoms with Crippen LogP contribution >= 0.6 is 38.5 Å². The molecule has 0 fully saturated rings. The minimum atomic E-state index is 0.158. The fourth-order valence-corrected chi connectivity index (χ4v) is 1.90. The quantitative estimate of drug-likeness (QED) is 0.603. The average molecular weight is 369 g/mol. The highest BCUT2D eigenvalue weighted by molar-refractivity contribution is 14.1. The van der Waals surface area contributed by atoms with Gasteiger partial charge in [-0.25, -0.2) is 0 Å². The van der Waals surface area contributed by atoms with Gasteiger partial charge in [-0.15, -0.1) is 0 Å². The number of rotatable bonds is 4. The van der Waals surface area contributed by atoms with Crippen molar-refractivity contribution < 1.29 is 9.53 Å². The first-order chi connectivity index (χ1) is 6.67. The van der Waals surface area contributed by atoms with Crippen molar-refractivity contribution in [1.29, 1.82) is 0 Å². The van der Waals surface area contributed by atoms with Gasteiger partial charge >= 0.3 is 0 Å². The second-order valence-electron chi connectivity index (χ2n) is 2.81. The van der Waals surface area contributed by atoms with Gasteiger partial charge in [-0.1, -0.05) is 15.9 Å². The van der Waals surface area contributed by atoms with Crippen molar-refractivity contribution in [3.8, 4) is 5.75 Å². The molecule has 0 aliphatic rings. The number of carbonyl (C=O) groups is 1. The molecule has 0 aromatic heterocycles. The summed E-state index contributed by atoms with van der Waals surface area (Å²) >= 11 is 5.36. The van der Waals surface area contributed by atoms with E-state index in [4.69, 9.17) is 4.74 Å². The first-order valence-corrected chi connectivity index (χ1v) is 6.27. The molecular formula is C10H10BrIO2. The number of methoxy groups -OCH3 is 1. The number of hydrogen-bond donors (Lipinski definition) is 0. The highest BCUT2D eigenvalue weighted by Gasteiger charge is 2.07. The summed E-state index contributed by atoms with van der Waals surface area (Å²) < 4.78 is 6.29. The molecule has 0 amide bonds. The third-order valence-corrected chi connectivity index (χ3v) is 3.08. The number of ketones is 1. The van der Waals surface area contributed by atoms with Crippen LogP contribution in [0.5, 0.6) is 5.75 Å². The summed E-state index contributed by atoms with van der Waals surface area (Å²) in [7, 11) is 1.62. The van der Waals surface area contributed by atoms with Gasteiger partial charge in [0.05, 0.1) is 12.4 Å². The molecule has 1 aromatic rings. The van der Waals surface area contributed by atoms with Crippen LogP contribution in [-0.4, -0.2) is 18.2 Å². The lowest BCUT2D eigenvalue weighted by atomic mass is 10.1. The molecule has 0 unspecified atom stereocenters. The van der Waals surface area contributed by atoms with E-state index in [0.29, 0.717) is 11.8 Å². The van der Waals surface area contributed by atoms with E-state index in [2.05, 4.69) is 38.5 Å². The van der Waals surface area contributed by atoms with Gasteiger partial charge in [0.25, 0.3) is 0 Å². The van der Waals surface area contributed by atoms with Crippen molar-refractivity contribution in [2.24, 2.45) is 0 Å². The van der Waals surface area contributed by atoms with E-state index in [-0.39, 0.29) is 5.78 Å². The van der Waals surface area contributed by atoms with Crippen molar-refractivity contribution in [1.82, 2.24) is 0 Å². The lowest BCUT2D eigenvalue weighted by Crippen LogP contribution is -2.05. The predicted molar refractivity (Wildman–Crippen MR) is 68.2 cm³/mol. The Morgan fingerprint density at radius 1 is 1.57 bits per heavy atom. The maximum atomic E-state index is 11.3. The van der Waals surface area contributed by atoms with E-state index in [1.807, 2.05) is 18.2 Å². The number of benzene rings is 1. The van der Waals surface area contributed by atoms with Gasteiger partial charge in [-0.3, -0.25) is 4.79 Å². The lowest BCUT2D eigenvalue weighted by Gasteiger charge is -2.07. The van der Waals surface area contributed by atoms with Crippen molar-refractivity contribution in [3.05, 3.63) is 27.3 Å². The maximum Gasteiger partial charge on any atom is 0.147 e. The van der Waals surface area contributed by atoms with E-state index in [1.54, 1.807) is 7.11 Å². The third kappa shape index (κ3) is 3.24. The fraction of sp³-hybridized carbons (Fsp3) is 0.300. The Kier molecular flexibility index (Phi) is 4.88. The number of carbonyl (C=O) groups excluding carboxylic acids is 1. The Balaban J connectivity index is 2.93. The molecule has 0 aliphatic carbocycles. The Morgan fingerprint density at radius 3 is 2.86 bits per heavy atom. The summed E-state index contributed by atoms with van der Waals surface area (Å²) in [5.74, 6) is 0.935. The molecule has 76 valence electrons. The van der Waals surface area contributed by atoms with Crippen LogP contribution in [0.2, 0.25) is 0 Å². The van der Waals surface area contributed by atoms with E-state index in [0.717, 1.165) is 14.9 Å². The number of Topliss-reactive ketones (excluding diaryl/α,β-unsaturated/α-hetero) is 1. The van der Waals surface area contributed by atoms with Crippen molar-refractivity contribution in [2.75, 3.05) is 12.4 Å².